The van der Waals surface area contributed by atoms with Gasteiger partial charge in [0.05, 0.1) is 26.2 Å². The van der Waals surface area contributed by atoms with E-state index in [0.29, 0.717) is 18.8 Å². The van der Waals surface area contributed by atoms with Crippen molar-refractivity contribution in [1.82, 2.24) is 0 Å². The van der Waals surface area contributed by atoms with Crippen LogP contribution in [0.4, 0.5) is 5.69 Å². The van der Waals surface area contributed by atoms with Crippen LogP contribution in [0.1, 0.15) is 43.6 Å². The standard InChI is InChI=1S/C20H25NO6/c1-25-19(24)9-13-8-15-14-7-12(21-18(23)6-11-2-3-11)4-5-16(14)27-20(15)17(10-22)26-13/h4-5,7,11,13,15,17,20,22H,2-3,6,8-10H2,1H3,(H,21,23)/t13-,15-,17+,20+/m1/s1. The molecule has 0 spiro atoms. The fraction of sp³-hybridized carbons (Fsp3) is 0.600. The number of carbonyl (C=O) groups is 2. The lowest BCUT2D eigenvalue weighted by Crippen LogP contribution is -2.46. The Morgan fingerprint density at radius 1 is 1.30 bits per heavy atom. The van der Waals surface area contributed by atoms with Gasteiger partial charge in [0.25, 0.3) is 0 Å². The van der Waals surface area contributed by atoms with Gasteiger partial charge in [0.1, 0.15) is 18.0 Å². The highest BCUT2D eigenvalue weighted by Crippen LogP contribution is 2.47. The zero-order chi connectivity index (χ0) is 19.0. The van der Waals surface area contributed by atoms with Crippen molar-refractivity contribution in [3.05, 3.63) is 23.8 Å². The Labute approximate surface area is 158 Å². The van der Waals surface area contributed by atoms with Crippen molar-refractivity contribution < 1.29 is 28.9 Å². The Hall–Kier alpha value is -2.12. The van der Waals surface area contributed by atoms with Crippen molar-refractivity contribution in [2.45, 2.75) is 56.3 Å². The summed E-state index contributed by atoms with van der Waals surface area (Å²) in [4.78, 5) is 23.7. The Kier molecular flexibility index (Phi) is 5.06. The van der Waals surface area contributed by atoms with Crippen LogP contribution < -0.4 is 10.1 Å². The minimum Gasteiger partial charge on any atom is -0.487 e. The maximum absolute atomic E-state index is 12.1. The number of rotatable bonds is 6. The summed E-state index contributed by atoms with van der Waals surface area (Å²) in [5, 5.41) is 12.7. The van der Waals surface area contributed by atoms with Gasteiger partial charge in [-0.3, -0.25) is 9.59 Å². The Morgan fingerprint density at radius 3 is 2.81 bits per heavy atom. The summed E-state index contributed by atoms with van der Waals surface area (Å²) < 4.78 is 16.6. The van der Waals surface area contributed by atoms with Gasteiger partial charge < -0.3 is 24.6 Å². The van der Waals surface area contributed by atoms with E-state index in [2.05, 4.69) is 5.32 Å². The van der Waals surface area contributed by atoms with E-state index in [4.69, 9.17) is 14.2 Å². The number of amides is 1. The summed E-state index contributed by atoms with van der Waals surface area (Å²) in [5.74, 6) is 0.978. The molecule has 2 aliphatic heterocycles. The van der Waals surface area contributed by atoms with Crippen LogP contribution in [0.25, 0.3) is 0 Å². The van der Waals surface area contributed by atoms with E-state index < -0.39 is 6.10 Å². The van der Waals surface area contributed by atoms with Gasteiger partial charge in [0.15, 0.2) is 0 Å². The molecule has 4 atom stereocenters. The first-order chi connectivity index (χ1) is 13.1. The average molecular weight is 375 g/mol. The zero-order valence-corrected chi connectivity index (χ0v) is 15.3. The molecule has 1 aromatic rings. The molecule has 0 bridgehead atoms. The van der Waals surface area contributed by atoms with Crippen LogP contribution in [0.15, 0.2) is 18.2 Å². The molecule has 2 heterocycles. The second-order valence-electron chi connectivity index (χ2n) is 7.63. The lowest BCUT2D eigenvalue weighted by atomic mass is 9.84. The SMILES string of the molecule is COC(=O)C[C@H]1C[C@@H]2c3cc(NC(=O)CC4CC4)ccc3O[C@@H]2[C@H](CO)O1. The zero-order valence-electron chi connectivity index (χ0n) is 15.3. The van der Waals surface area contributed by atoms with Crippen LogP contribution in [-0.2, 0) is 19.1 Å². The number of hydrogen-bond acceptors (Lipinski definition) is 6. The summed E-state index contributed by atoms with van der Waals surface area (Å²) in [5.41, 5.74) is 1.74. The number of anilines is 1. The molecule has 0 unspecified atom stereocenters. The topological polar surface area (TPSA) is 94.1 Å². The third kappa shape index (κ3) is 3.94. The molecule has 2 fully saturated rings. The summed E-state index contributed by atoms with van der Waals surface area (Å²) in [7, 11) is 1.35. The van der Waals surface area contributed by atoms with Crippen molar-refractivity contribution in [2.75, 3.05) is 19.0 Å². The molecule has 7 nitrogen and oxygen atoms in total. The van der Waals surface area contributed by atoms with E-state index in [1.807, 2.05) is 18.2 Å². The number of esters is 1. The number of carbonyl (C=O) groups excluding carboxylic acids is 2. The molecule has 7 heteroatoms. The van der Waals surface area contributed by atoms with Gasteiger partial charge >= 0.3 is 5.97 Å². The normalized spacial score (nSPS) is 28.7. The minimum absolute atomic E-state index is 0.000778. The van der Waals surface area contributed by atoms with Gasteiger partial charge in [0, 0.05) is 23.6 Å². The molecular weight excluding hydrogens is 350 g/mol. The number of aliphatic hydroxyl groups excluding tert-OH is 1. The van der Waals surface area contributed by atoms with E-state index in [1.165, 1.54) is 7.11 Å². The molecule has 2 N–H and O–H groups in total. The van der Waals surface area contributed by atoms with Crippen LogP contribution in [0.3, 0.4) is 0 Å². The summed E-state index contributed by atoms with van der Waals surface area (Å²) in [6.45, 7) is -0.183. The fourth-order valence-electron chi connectivity index (χ4n) is 4.03. The van der Waals surface area contributed by atoms with Crippen molar-refractivity contribution in [2.24, 2.45) is 5.92 Å². The summed E-state index contributed by atoms with van der Waals surface area (Å²) in [6.07, 6.45) is 2.46. The van der Waals surface area contributed by atoms with Crippen molar-refractivity contribution in [3.63, 3.8) is 0 Å². The molecule has 0 aromatic heterocycles. The van der Waals surface area contributed by atoms with E-state index >= 15 is 0 Å². The van der Waals surface area contributed by atoms with Gasteiger partial charge in [-0.05, 0) is 43.4 Å². The van der Waals surface area contributed by atoms with Gasteiger partial charge in [-0.1, -0.05) is 0 Å². The predicted octanol–water partition coefficient (Wildman–Crippen LogP) is 1.98. The van der Waals surface area contributed by atoms with E-state index in [0.717, 1.165) is 29.8 Å². The lowest BCUT2D eigenvalue weighted by molar-refractivity contribution is -0.156. The van der Waals surface area contributed by atoms with E-state index in [9.17, 15) is 14.7 Å². The van der Waals surface area contributed by atoms with Crippen LogP contribution in [0.2, 0.25) is 0 Å². The number of aliphatic hydroxyl groups is 1. The highest BCUT2D eigenvalue weighted by Gasteiger charge is 2.46. The molecule has 1 saturated heterocycles. The molecule has 4 rings (SSSR count). The number of nitrogens with one attached hydrogen (secondary N) is 1. The third-order valence-electron chi connectivity index (χ3n) is 5.58. The van der Waals surface area contributed by atoms with Crippen molar-refractivity contribution in [3.8, 4) is 5.75 Å². The molecule has 1 amide bonds. The lowest BCUT2D eigenvalue weighted by Gasteiger charge is -2.36. The Morgan fingerprint density at radius 2 is 2.11 bits per heavy atom. The first kappa shape index (κ1) is 18.3. The maximum Gasteiger partial charge on any atom is 0.308 e. The molecule has 27 heavy (non-hydrogen) atoms. The van der Waals surface area contributed by atoms with Gasteiger partial charge in [-0.15, -0.1) is 0 Å². The summed E-state index contributed by atoms with van der Waals surface area (Å²) in [6, 6.07) is 5.63. The van der Waals surface area contributed by atoms with Crippen LogP contribution >= 0.6 is 0 Å². The first-order valence-electron chi connectivity index (χ1n) is 9.51. The molecular formula is C20H25NO6. The van der Waals surface area contributed by atoms with E-state index in [-0.39, 0.29) is 43.0 Å². The van der Waals surface area contributed by atoms with E-state index in [1.54, 1.807) is 0 Å². The number of hydrogen-bond donors (Lipinski definition) is 2. The Bertz CT molecular complexity index is 731. The van der Waals surface area contributed by atoms with Crippen molar-refractivity contribution in [1.29, 1.82) is 0 Å². The molecule has 1 saturated carbocycles. The Balaban J connectivity index is 1.50. The summed E-state index contributed by atoms with van der Waals surface area (Å²) >= 11 is 0. The third-order valence-corrected chi connectivity index (χ3v) is 5.58. The largest absolute Gasteiger partial charge is 0.487 e. The van der Waals surface area contributed by atoms with Gasteiger partial charge in [-0.25, -0.2) is 0 Å². The second-order valence-corrected chi connectivity index (χ2v) is 7.63. The second kappa shape index (κ2) is 7.48. The number of fused-ring (bicyclic) bond motifs is 3. The quantitative estimate of drug-likeness (QED) is 0.739. The monoisotopic (exact) mass is 375 g/mol. The minimum atomic E-state index is -0.501. The first-order valence-corrected chi connectivity index (χ1v) is 9.51. The van der Waals surface area contributed by atoms with Gasteiger partial charge in [0.2, 0.25) is 5.91 Å². The van der Waals surface area contributed by atoms with Crippen LogP contribution in [0, 0.1) is 5.92 Å². The predicted molar refractivity (Wildman–Crippen MR) is 96.6 cm³/mol. The number of benzene rings is 1. The number of ether oxygens (including phenoxy) is 3. The van der Waals surface area contributed by atoms with Crippen LogP contribution in [-0.4, -0.2) is 49.0 Å². The fourth-order valence-corrected chi connectivity index (χ4v) is 4.03. The molecule has 1 aromatic carbocycles. The van der Waals surface area contributed by atoms with Crippen LogP contribution in [0.5, 0.6) is 5.75 Å². The van der Waals surface area contributed by atoms with Gasteiger partial charge in [-0.2, -0.15) is 0 Å². The molecule has 3 aliphatic rings. The molecule has 146 valence electrons. The van der Waals surface area contributed by atoms with Crippen molar-refractivity contribution >= 4 is 17.6 Å². The average Bonchev–Trinajstić information content (AvgIpc) is 3.39. The highest BCUT2D eigenvalue weighted by atomic mass is 16.6. The molecule has 1 aliphatic carbocycles. The molecule has 0 radical (unpaired) electrons. The number of methoxy groups -OCH3 is 1. The highest BCUT2D eigenvalue weighted by molar-refractivity contribution is 5.91. The smallest absolute Gasteiger partial charge is 0.308 e. The maximum atomic E-state index is 12.1.